The summed E-state index contributed by atoms with van der Waals surface area (Å²) in [6, 6.07) is -0.696. The van der Waals surface area contributed by atoms with Gasteiger partial charge in [0.05, 0.1) is 31.5 Å². The van der Waals surface area contributed by atoms with Crippen LogP contribution in [0.5, 0.6) is 0 Å². The van der Waals surface area contributed by atoms with Crippen LogP contribution in [0, 0.1) is 0 Å². The Hall–Kier alpha value is -0.200. The van der Waals surface area contributed by atoms with Crippen molar-refractivity contribution in [1.82, 2.24) is 5.32 Å². The molecule has 5 nitrogen and oxygen atoms in total. The van der Waals surface area contributed by atoms with Crippen LogP contribution in [0.1, 0.15) is 6.42 Å². The van der Waals surface area contributed by atoms with E-state index in [4.69, 9.17) is 10.2 Å². The molecule has 1 unspecified atom stereocenters. The van der Waals surface area contributed by atoms with Crippen LogP contribution in [-0.4, -0.2) is 57.9 Å². The molecular weight excluding hydrogens is 162 g/mol. The maximum Gasteiger partial charge on any atom is 0.0924 e. The Morgan fingerprint density at radius 2 is 2.08 bits per heavy atom. The van der Waals surface area contributed by atoms with E-state index >= 15 is 0 Å². The molecular formula is C7H15NO4. The molecule has 0 aromatic rings. The third kappa shape index (κ3) is 1.94. The summed E-state index contributed by atoms with van der Waals surface area (Å²) in [6.07, 6.45) is -1.13. The van der Waals surface area contributed by atoms with E-state index in [1.807, 2.05) is 0 Å². The topological polar surface area (TPSA) is 93.0 Å². The lowest BCUT2D eigenvalue weighted by Gasteiger charge is -2.16. The lowest BCUT2D eigenvalue weighted by molar-refractivity contribution is 0.0641. The molecule has 1 aliphatic rings. The molecule has 1 aliphatic heterocycles. The van der Waals surface area contributed by atoms with E-state index in [9.17, 15) is 10.2 Å². The quantitative estimate of drug-likeness (QED) is 0.326. The second-order valence-electron chi connectivity index (χ2n) is 3.12. The Kier molecular flexibility index (Phi) is 3.42. The van der Waals surface area contributed by atoms with E-state index in [-0.39, 0.29) is 25.3 Å². The Labute approximate surface area is 70.6 Å². The molecule has 0 aromatic heterocycles. The molecule has 0 saturated carbocycles. The van der Waals surface area contributed by atoms with Crippen LogP contribution in [0.3, 0.4) is 0 Å². The van der Waals surface area contributed by atoms with Gasteiger partial charge < -0.3 is 25.7 Å². The molecule has 0 aliphatic carbocycles. The summed E-state index contributed by atoms with van der Waals surface area (Å²) >= 11 is 0. The monoisotopic (exact) mass is 177 g/mol. The van der Waals surface area contributed by atoms with E-state index in [1.54, 1.807) is 0 Å². The molecule has 72 valence electrons. The van der Waals surface area contributed by atoms with E-state index in [2.05, 4.69) is 5.32 Å². The molecule has 0 bridgehead atoms. The van der Waals surface area contributed by atoms with Crippen molar-refractivity contribution in [2.24, 2.45) is 0 Å². The Balaban J connectivity index is 2.42. The minimum absolute atomic E-state index is 0.157. The zero-order valence-electron chi connectivity index (χ0n) is 6.72. The first-order valence-electron chi connectivity index (χ1n) is 4.03. The molecule has 5 N–H and O–H groups in total. The Bertz CT molecular complexity index is 143. The van der Waals surface area contributed by atoms with Crippen LogP contribution >= 0.6 is 0 Å². The molecule has 0 amide bonds. The fraction of sp³-hybridized carbons (Fsp3) is 1.00. The van der Waals surface area contributed by atoms with E-state index in [0.717, 1.165) is 0 Å². The number of nitrogens with one attached hydrogen (secondary N) is 1. The lowest BCUT2D eigenvalue weighted by atomic mass is 10.1. The summed E-state index contributed by atoms with van der Waals surface area (Å²) in [5, 5.41) is 38.7. The van der Waals surface area contributed by atoms with Crippen molar-refractivity contribution in [3.63, 3.8) is 0 Å². The van der Waals surface area contributed by atoms with Gasteiger partial charge in [-0.05, 0) is 6.42 Å². The highest BCUT2D eigenvalue weighted by Crippen LogP contribution is 2.15. The molecule has 12 heavy (non-hydrogen) atoms. The van der Waals surface area contributed by atoms with Crippen LogP contribution < -0.4 is 5.32 Å². The highest BCUT2D eigenvalue weighted by atomic mass is 16.3. The van der Waals surface area contributed by atoms with Crippen molar-refractivity contribution in [3.8, 4) is 0 Å². The van der Waals surface area contributed by atoms with Gasteiger partial charge in [-0.15, -0.1) is 0 Å². The van der Waals surface area contributed by atoms with Crippen LogP contribution in [0.15, 0.2) is 0 Å². The minimum Gasteiger partial charge on any atom is -0.395 e. The van der Waals surface area contributed by atoms with Gasteiger partial charge in [-0.1, -0.05) is 0 Å². The maximum atomic E-state index is 9.29. The first-order chi connectivity index (χ1) is 5.69. The predicted octanol–water partition coefficient (Wildman–Crippen LogP) is -2.58. The molecule has 0 aromatic carbocycles. The van der Waals surface area contributed by atoms with Gasteiger partial charge in [0.15, 0.2) is 0 Å². The van der Waals surface area contributed by atoms with Gasteiger partial charge in [-0.2, -0.15) is 0 Å². The molecule has 5 heteroatoms. The smallest absolute Gasteiger partial charge is 0.0924 e. The molecule has 0 spiro atoms. The lowest BCUT2D eigenvalue weighted by Crippen LogP contribution is -2.42. The van der Waals surface area contributed by atoms with Gasteiger partial charge in [-0.25, -0.2) is 0 Å². The zero-order chi connectivity index (χ0) is 9.14. The second-order valence-corrected chi connectivity index (χ2v) is 3.12. The Morgan fingerprint density at radius 1 is 1.42 bits per heavy atom. The van der Waals surface area contributed by atoms with E-state index in [0.29, 0.717) is 6.42 Å². The predicted molar refractivity (Wildman–Crippen MR) is 41.5 cm³/mol. The summed E-state index contributed by atoms with van der Waals surface area (Å²) in [5.74, 6) is 0. The standard InChI is InChI=1S/C7H15NO4/c9-2-5-6(11)1-4(8-5)7(12)3-10/h4-12H,1-3H2/t4-,5+,6-,7?/m1/s1. The highest BCUT2D eigenvalue weighted by Gasteiger charge is 2.35. The summed E-state index contributed by atoms with van der Waals surface area (Å²) in [4.78, 5) is 0. The van der Waals surface area contributed by atoms with Crippen LogP contribution in [0.25, 0.3) is 0 Å². The molecule has 1 saturated heterocycles. The third-order valence-corrected chi connectivity index (χ3v) is 2.24. The molecule has 1 fully saturated rings. The fourth-order valence-electron chi connectivity index (χ4n) is 1.45. The normalized spacial score (nSPS) is 38.5. The number of hydrogen-bond donors (Lipinski definition) is 5. The summed E-state index contributed by atoms with van der Waals surface area (Å²) in [5.41, 5.74) is 0. The van der Waals surface area contributed by atoms with Crippen LogP contribution in [-0.2, 0) is 0 Å². The van der Waals surface area contributed by atoms with Crippen molar-refractivity contribution in [2.45, 2.75) is 30.7 Å². The first-order valence-corrected chi connectivity index (χ1v) is 4.03. The third-order valence-electron chi connectivity index (χ3n) is 2.24. The van der Waals surface area contributed by atoms with Crippen LogP contribution in [0.4, 0.5) is 0 Å². The summed E-state index contributed by atoms with van der Waals surface area (Å²) in [6.45, 7) is -0.488. The van der Waals surface area contributed by atoms with Gasteiger partial charge in [-0.3, -0.25) is 0 Å². The van der Waals surface area contributed by atoms with Gasteiger partial charge >= 0.3 is 0 Å². The zero-order valence-corrected chi connectivity index (χ0v) is 6.72. The van der Waals surface area contributed by atoms with Gasteiger partial charge in [0.25, 0.3) is 0 Å². The average molecular weight is 177 g/mol. The number of aliphatic hydroxyl groups excluding tert-OH is 4. The van der Waals surface area contributed by atoms with Crippen molar-refractivity contribution < 1.29 is 20.4 Å². The maximum absolute atomic E-state index is 9.29. The molecule has 4 atom stereocenters. The SMILES string of the molecule is OCC(O)[C@H]1C[C@@H](O)[C@H](CO)N1. The van der Waals surface area contributed by atoms with Crippen molar-refractivity contribution in [3.05, 3.63) is 0 Å². The second kappa shape index (κ2) is 4.15. The largest absolute Gasteiger partial charge is 0.395 e. The highest BCUT2D eigenvalue weighted by molar-refractivity contribution is 4.93. The van der Waals surface area contributed by atoms with Gasteiger partial charge in [0.1, 0.15) is 0 Å². The van der Waals surface area contributed by atoms with E-state index in [1.165, 1.54) is 0 Å². The van der Waals surface area contributed by atoms with E-state index < -0.39 is 12.2 Å². The average Bonchev–Trinajstić information content (AvgIpc) is 2.45. The fourth-order valence-corrected chi connectivity index (χ4v) is 1.45. The Morgan fingerprint density at radius 3 is 2.50 bits per heavy atom. The minimum atomic E-state index is -0.865. The molecule has 0 radical (unpaired) electrons. The van der Waals surface area contributed by atoms with Crippen molar-refractivity contribution >= 4 is 0 Å². The van der Waals surface area contributed by atoms with Crippen molar-refractivity contribution in [2.75, 3.05) is 13.2 Å². The molecule has 1 rings (SSSR count). The van der Waals surface area contributed by atoms with Gasteiger partial charge in [0, 0.05) is 6.04 Å². The van der Waals surface area contributed by atoms with Crippen molar-refractivity contribution in [1.29, 1.82) is 0 Å². The van der Waals surface area contributed by atoms with Crippen LogP contribution in [0.2, 0.25) is 0 Å². The summed E-state index contributed by atoms with van der Waals surface area (Å²) < 4.78 is 0. The number of rotatable bonds is 3. The molecule has 1 heterocycles. The summed E-state index contributed by atoms with van der Waals surface area (Å²) in [7, 11) is 0. The first kappa shape index (κ1) is 9.88. The number of hydrogen-bond acceptors (Lipinski definition) is 5. The number of aliphatic hydroxyl groups is 4. The van der Waals surface area contributed by atoms with Gasteiger partial charge in [0.2, 0.25) is 0 Å².